The van der Waals surface area contributed by atoms with E-state index in [2.05, 4.69) is 29.9 Å². The number of pyridine rings is 1. The first-order valence-electron chi connectivity index (χ1n) is 4.89. The number of aryl methyl sites for hydroxylation is 1. The summed E-state index contributed by atoms with van der Waals surface area (Å²) < 4.78 is 0. The molecule has 0 atom stereocenters. The van der Waals surface area contributed by atoms with Gasteiger partial charge in [0.05, 0.1) is 0 Å². The number of aromatic nitrogens is 1. The first kappa shape index (κ1) is 8.54. The van der Waals surface area contributed by atoms with Crippen molar-refractivity contribution in [3.63, 3.8) is 0 Å². The van der Waals surface area contributed by atoms with Gasteiger partial charge >= 0.3 is 0 Å². The highest BCUT2D eigenvalue weighted by Crippen LogP contribution is 2.30. The quantitative estimate of drug-likeness (QED) is 0.702. The molecule has 2 heteroatoms. The lowest BCUT2D eigenvalue weighted by molar-refractivity contribution is 0.777. The third kappa shape index (κ3) is 2.20. The first-order valence-corrected chi connectivity index (χ1v) is 4.89. The van der Waals surface area contributed by atoms with Crippen molar-refractivity contribution in [3.05, 3.63) is 23.9 Å². The molecule has 0 amide bonds. The molecular formula is C11H16N2. The Balaban J connectivity index is 2.04. The highest BCUT2D eigenvalue weighted by Gasteiger charge is 2.23. The monoisotopic (exact) mass is 176 g/mol. The van der Waals surface area contributed by atoms with Crippen molar-refractivity contribution in [1.29, 1.82) is 0 Å². The van der Waals surface area contributed by atoms with Crippen LogP contribution in [0, 0.1) is 12.8 Å². The molecule has 2 nitrogen and oxygen atoms in total. The van der Waals surface area contributed by atoms with Crippen LogP contribution < -0.4 is 4.90 Å². The molecule has 1 heterocycles. The van der Waals surface area contributed by atoms with Crippen molar-refractivity contribution < 1.29 is 0 Å². The van der Waals surface area contributed by atoms with E-state index in [0.29, 0.717) is 0 Å². The largest absolute Gasteiger partial charge is 0.359 e. The molecule has 0 aliphatic heterocycles. The van der Waals surface area contributed by atoms with E-state index in [9.17, 15) is 0 Å². The summed E-state index contributed by atoms with van der Waals surface area (Å²) in [6, 6.07) is 4.18. The molecule has 2 rings (SSSR count). The van der Waals surface area contributed by atoms with Gasteiger partial charge in [-0.3, -0.25) is 0 Å². The van der Waals surface area contributed by atoms with Gasteiger partial charge in [-0.05, 0) is 43.4 Å². The van der Waals surface area contributed by atoms with Crippen molar-refractivity contribution >= 4 is 5.82 Å². The van der Waals surface area contributed by atoms with Crippen molar-refractivity contribution in [1.82, 2.24) is 4.98 Å². The number of rotatable bonds is 3. The fourth-order valence-corrected chi connectivity index (χ4v) is 1.51. The third-order valence-corrected chi connectivity index (χ3v) is 2.52. The van der Waals surface area contributed by atoms with Crippen LogP contribution in [0.2, 0.25) is 0 Å². The normalized spacial score (nSPS) is 15.8. The van der Waals surface area contributed by atoms with Gasteiger partial charge < -0.3 is 4.90 Å². The Bertz CT molecular complexity index is 292. The lowest BCUT2D eigenvalue weighted by atomic mass is 10.3. The number of hydrogen-bond donors (Lipinski definition) is 0. The summed E-state index contributed by atoms with van der Waals surface area (Å²) in [6.07, 6.45) is 4.68. The van der Waals surface area contributed by atoms with Gasteiger partial charge in [0.15, 0.2) is 0 Å². The van der Waals surface area contributed by atoms with E-state index in [4.69, 9.17) is 0 Å². The summed E-state index contributed by atoms with van der Waals surface area (Å²) in [5.41, 5.74) is 1.28. The second-order valence-electron chi connectivity index (χ2n) is 4.02. The van der Waals surface area contributed by atoms with E-state index in [1.165, 1.54) is 18.4 Å². The molecule has 0 saturated heterocycles. The smallest absolute Gasteiger partial charge is 0.128 e. The molecule has 1 aromatic rings. The molecule has 0 spiro atoms. The van der Waals surface area contributed by atoms with Gasteiger partial charge in [-0.1, -0.05) is 0 Å². The van der Waals surface area contributed by atoms with Gasteiger partial charge in [-0.2, -0.15) is 0 Å². The Hall–Kier alpha value is -1.05. The van der Waals surface area contributed by atoms with Crippen LogP contribution in [0.1, 0.15) is 18.4 Å². The molecule has 1 aliphatic rings. The predicted molar refractivity (Wildman–Crippen MR) is 55.0 cm³/mol. The van der Waals surface area contributed by atoms with Crippen molar-refractivity contribution in [2.24, 2.45) is 5.92 Å². The van der Waals surface area contributed by atoms with Crippen LogP contribution in [0.15, 0.2) is 18.3 Å². The van der Waals surface area contributed by atoms with E-state index >= 15 is 0 Å². The van der Waals surface area contributed by atoms with Crippen LogP contribution in [0.5, 0.6) is 0 Å². The van der Waals surface area contributed by atoms with Gasteiger partial charge in [-0.25, -0.2) is 4.98 Å². The maximum absolute atomic E-state index is 4.35. The van der Waals surface area contributed by atoms with Crippen LogP contribution in [-0.2, 0) is 0 Å². The zero-order valence-electron chi connectivity index (χ0n) is 8.33. The summed E-state index contributed by atoms with van der Waals surface area (Å²) in [5, 5.41) is 0. The second kappa shape index (κ2) is 3.36. The summed E-state index contributed by atoms with van der Waals surface area (Å²) in [5.74, 6) is 2.03. The molecule has 1 aromatic heterocycles. The average molecular weight is 176 g/mol. The summed E-state index contributed by atoms with van der Waals surface area (Å²) in [6.45, 7) is 3.27. The van der Waals surface area contributed by atoms with Gasteiger partial charge in [-0.15, -0.1) is 0 Å². The maximum atomic E-state index is 4.35. The van der Waals surface area contributed by atoms with Gasteiger partial charge in [0, 0.05) is 19.8 Å². The Labute approximate surface area is 79.6 Å². The summed E-state index contributed by atoms with van der Waals surface area (Å²) >= 11 is 0. The predicted octanol–water partition coefficient (Wildman–Crippen LogP) is 2.24. The lowest BCUT2D eigenvalue weighted by Gasteiger charge is -2.17. The van der Waals surface area contributed by atoms with E-state index in [-0.39, 0.29) is 0 Å². The van der Waals surface area contributed by atoms with Gasteiger partial charge in [0.25, 0.3) is 0 Å². The Morgan fingerprint density at radius 3 is 2.92 bits per heavy atom. The molecule has 0 unspecified atom stereocenters. The third-order valence-electron chi connectivity index (χ3n) is 2.52. The molecule has 13 heavy (non-hydrogen) atoms. The zero-order chi connectivity index (χ0) is 9.26. The zero-order valence-corrected chi connectivity index (χ0v) is 8.33. The fourth-order valence-electron chi connectivity index (χ4n) is 1.51. The topological polar surface area (TPSA) is 16.1 Å². The van der Waals surface area contributed by atoms with Crippen LogP contribution in [0.25, 0.3) is 0 Å². The van der Waals surface area contributed by atoms with E-state index < -0.39 is 0 Å². The second-order valence-corrected chi connectivity index (χ2v) is 4.02. The van der Waals surface area contributed by atoms with Crippen molar-refractivity contribution in [2.75, 3.05) is 18.5 Å². The summed E-state index contributed by atoms with van der Waals surface area (Å²) in [4.78, 5) is 6.60. The van der Waals surface area contributed by atoms with E-state index in [1.54, 1.807) is 0 Å². The number of anilines is 1. The van der Waals surface area contributed by atoms with Gasteiger partial charge in [0.1, 0.15) is 5.82 Å². The standard InChI is InChI=1S/C11H16N2/c1-9-5-6-12-11(7-9)13(2)8-10-3-4-10/h5-7,10H,3-4,8H2,1-2H3. The van der Waals surface area contributed by atoms with Crippen molar-refractivity contribution in [3.8, 4) is 0 Å². The first-order chi connectivity index (χ1) is 6.25. The summed E-state index contributed by atoms with van der Waals surface area (Å²) in [7, 11) is 2.13. The maximum Gasteiger partial charge on any atom is 0.128 e. The van der Waals surface area contributed by atoms with Crippen molar-refractivity contribution in [2.45, 2.75) is 19.8 Å². The average Bonchev–Trinajstić information content (AvgIpc) is 2.88. The SMILES string of the molecule is Cc1ccnc(N(C)CC2CC2)c1. The van der Waals surface area contributed by atoms with Crippen LogP contribution >= 0.6 is 0 Å². The molecule has 1 saturated carbocycles. The molecule has 70 valence electrons. The lowest BCUT2D eigenvalue weighted by Crippen LogP contribution is -2.20. The minimum atomic E-state index is 0.923. The molecule has 1 aliphatic carbocycles. The molecular weight excluding hydrogens is 160 g/mol. The molecule has 0 bridgehead atoms. The van der Waals surface area contributed by atoms with Crippen LogP contribution in [-0.4, -0.2) is 18.6 Å². The Morgan fingerprint density at radius 1 is 1.54 bits per heavy atom. The fraction of sp³-hybridized carbons (Fsp3) is 0.545. The number of hydrogen-bond acceptors (Lipinski definition) is 2. The Kier molecular flexibility index (Phi) is 2.21. The van der Waals surface area contributed by atoms with Crippen LogP contribution in [0.3, 0.4) is 0 Å². The minimum absolute atomic E-state index is 0.923. The highest BCUT2D eigenvalue weighted by molar-refractivity contribution is 5.39. The van der Waals surface area contributed by atoms with Crippen LogP contribution in [0.4, 0.5) is 5.82 Å². The van der Waals surface area contributed by atoms with E-state index in [0.717, 1.165) is 18.3 Å². The molecule has 0 N–H and O–H groups in total. The Morgan fingerprint density at radius 2 is 2.31 bits per heavy atom. The minimum Gasteiger partial charge on any atom is -0.359 e. The molecule has 1 fully saturated rings. The number of nitrogens with zero attached hydrogens (tertiary/aromatic N) is 2. The highest BCUT2D eigenvalue weighted by atomic mass is 15.2. The van der Waals surface area contributed by atoms with Gasteiger partial charge in [0.2, 0.25) is 0 Å². The molecule has 0 aromatic carbocycles. The van der Waals surface area contributed by atoms with E-state index in [1.807, 2.05) is 12.3 Å². The molecule has 0 radical (unpaired) electrons.